The van der Waals surface area contributed by atoms with Crippen LogP contribution in [-0.4, -0.2) is 7.11 Å². The van der Waals surface area contributed by atoms with Crippen LogP contribution in [0.4, 0.5) is 0 Å². The molecule has 78 valence electrons. The minimum atomic E-state index is 0.0434. The van der Waals surface area contributed by atoms with Crippen molar-refractivity contribution in [1.29, 1.82) is 0 Å². The van der Waals surface area contributed by atoms with Gasteiger partial charge in [-0.3, -0.25) is 0 Å². The van der Waals surface area contributed by atoms with Gasteiger partial charge in [-0.2, -0.15) is 0 Å². The Morgan fingerprint density at radius 2 is 2.14 bits per heavy atom. The zero-order chi connectivity index (χ0) is 10.7. The van der Waals surface area contributed by atoms with E-state index in [4.69, 9.17) is 10.5 Å². The Hall–Kier alpha value is -0.540. The molecule has 3 heteroatoms. The van der Waals surface area contributed by atoms with E-state index in [1.54, 1.807) is 7.11 Å². The van der Waals surface area contributed by atoms with E-state index in [0.717, 1.165) is 27.8 Å². The lowest BCUT2D eigenvalue weighted by atomic mass is 10.0. The summed E-state index contributed by atoms with van der Waals surface area (Å²) in [6.45, 7) is 4.10. The summed E-state index contributed by atoms with van der Waals surface area (Å²) in [5.74, 6) is 0.875. The number of ether oxygens (including phenoxy) is 1. The van der Waals surface area contributed by atoms with Crippen molar-refractivity contribution in [2.75, 3.05) is 7.11 Å². The van der Waals surface area contributed by atoms with E-state index in [1.807, 2.05) is 19.1 Å². The van der Waals surface area contributed by atoms with Crippen LogP contribution in [0, 0.1) is 6.92 Å². The molecule has 2 N–H and O–H groups in total. The van der Waals surface area contributed by atoms with Crippen molar-refractivity contribution in [3.05, 3.63) is 27.7 Å². The Balaban J connectivity index is 3.19. The summed E-state index contributed by atoms with van der Waals surface area (Å²) in [5.41, 5.74) is 8.21. The second-order valence-electron chi connectivity index (χ2n) is 3.36. The van der Waals surface area contributed by atoms with E-state index < -0.39 is 0 Å². The fraction of sp³-hybridized carbons (Fsp3) is 0.455. The number of methoxy groups -OCH3 is 1. The molecule has 0 aliphatic rings. The van der Waals surface area contributed by atoms with Gasteiger partial charge in [-0.25, -0.2) is 0 Å². The third kappa shape index (κ3) is 2.28. The predicted octanol–water partition coefficient (Wildman–Crippen LogP) is 3.18. The normalized spacial score (nSPS) is 12.6. The quantitative estimate of drug-likeness (QED) is 0.903. The van der Waals surface area contributed by atoms with E-state index >= 15 is 0 Å². The van der Waals surface area contributed by atoms with E-state index in [-0.39, 0.29) is 6.04 Å². The largest absolute Gasteiger partial charge is 0.496 e. The minimum absolute atomic E-state index is 0.0434. The molecule has 1 aromatic rings. The fourth-order valence-electron chi connectivity index (χ4n) is 1.36. The van der Waals surface area contributed by atoms with Gasteiger partial charge in [-0.15, -0.1) is 0 Å². The molecule has 1 aromatic carbocycles. The van der Waals surface area contributed by atoms with Gasteiger partial charge in [0.05, 0.1) is 7.11 Å². The molecule has 0 saturated heterocycles. The van der Waals surface area contributed by atoms with Gasteiger partial charge in [0.1, 0.15) is 5.75 Å². The molecule has 2 nitrogen and oxygen atoms in total. The molecular formula is C11H16BrNO. The Bertz CT molecular complexity index is 325. The third-order valence-electron chi connectivity index (χ3n) is 2.35. The highest BCUT2D eigenvalue weighted by atomic mass is 79.9. The zero-order valence-electron chi connectivity index (χ0n) is 8.80. The summed E-state index contributed by atoms with van der Waals surface area (Å²) in [6, 6.07) is 4.10. The van der Waals surface area contributed by atoms with Gasteiger partial charge in [0.2, 0.25) is 0 Å². The van der Waals surface area contributed by atoms with Crippen molar-refractivity contribution < 1.29 is 4.74 Å². The van der Waals surface area contributed by atoms with Crippen LogP contribution in [0.5, 0.6) is 5.75 Å². The van der Waals surface area contributed by atoms with Crippen LogP contribution in [0.3, 0.4) is 0 Å². The first-order chi connectivity index (χ1) is 6.60. The third-order valence-corrected chi connectivity index (χ3v) is 3.20. The molecule has 0 heterocycles. The Morgan fingerprint density at radius 1 is 1.50 bits per heavy atom. The molecule has 0 fully saturated rings. The zero-order valence-corrected chi connectivity index (χ0v) is 10.4. The summed E-state index contributed by atoms with van der Waals surface area (Å²) in [4.78, 5) is 0. The number of halogens is 1. The molecule has 0 radical (unpaired) electrons. The number of benzene rings is 1. The smallest absolute Gasteiger partial charge is 0.123 e. The van der Waals surface area contributed by atoms with Crippen LogP contribution < -0.4 is 10.5 Å². The first-order valence-corrected chi connectivity index (χ1v) is 5.49. The number of nitrogens with two attached hydrogens (primary N) is 1. The molecule has 14 heavy (non-hydrogen) atoms. The van der Waals surface area contributed by atoms with Crippen molar-refractivity contribution in [2.45, 2.75) is 26.3 Å². The van der Waals surface area contributed by atoms with Crippen LogP contribution in [0.2, 0.25) is 0 Å². The predicted molar refractivity (Wildman–Crippen MR) is 62.7 cm³/mol. The van der Waals surface area contributed by atoms with Crippen LogP contribution in [0.1, 0.15) is 30.5 Å². The van der Waals surface area contributed by atoms with E-state index in [1.165, 1.54) is 0 Å². The standard InChI is InChI=1S/C11H16BrNO/c1-4-10(13)8-6-9(12)7(2)5-11(8)14-3/h5-6,10H,4,13H2,1-3H3/t10-/m0/s1. The molecule has 0 saturated carbocycles. The van der Waals surface area contributed by atoms with Gasteiger partial charge in [0, 0.05) is 16.1 Å². The monoisotopic (exact) mass is 257 g/mol. The second kappa shape index (κ2) is 4.80. The molecule has 1 atom stereocenters. The molecule has 1 rings (SSSR count). The molecule has 0 bridgehead atoms. The number of aryl methyl sites for hydroxylation is 1. The van der Waals surface area contributed by atoms with Crippen LogP contribution in [0.25, 0.3) is 0 Å². The number of hydrogen-bond acceptors (Lipinski definition) is 2. The minimum Gasteiger partial charge on any atom is -0.496 e. The summed E-state index contributed by atoms with van der Waals surface area (Å²) in [7, 11) is 1.68. The molecule has 0 spiro atoms. The molecule has 0 aliphatic heterocycles. The van der Waals surface area contributed by atoms with Gasteiger partial charge in [0.25, 0.3) is 0 Å². The molecule has 0 aromatic heterocycles. The molecule has 0 amide bonds. The lowest BCUT2D eigenvalue weighted by Gasteiger charge is -2.15. The summed E-state index contributed by atoms with van der Waals surface area (Å²) in [6.07, 6.45) is 0.909. The average molecular weight is 258 g/mol. The van der Waals surface area contributed by atoms with Gasteiger partial charge in [-0.05, 0) is 31.0 Å². The molecule has 0 unspecified atom stereocenters. The topological polar surface area (TPSA) is 35.2 Å². The van der Waals surface area contributed by atoms with Crippen LogP contribution >= 0.6 is 15.9 Å². The fourth-order valence-corrected chi connectivity index (χ4v) is 1.72. The average Bonchev–Trinajstić information content (AvgIpc) is 2.20. The maximum atomic E-state index is 5.99. The lowest BCUT2D eigenvalue weighted by Crippen LogP contribution is -2.10. The second-order valence-corrected chi connectivity index (χ2v) is 4.21. The maximum Gasteiger partial charge on any atom is 0.123 e. The van der Waals surface area contributed by atoms with Gasteiger partial charge < -0.3 is 10.5 Å². The highest BCUT2D eigenvalue weighted by Crippen LogP contribution is 2.31. The van der Waals surface area contributed by atoms with E-state index in [0.29, 0.717) is 0 Å². The lowest BCUT2D eigenvalue weighted by molar-refractivity contribution is 0.404. The highest BCUT2D eigenvalue weighted by molar-refractivity contribution is 9.10. The Labute approximate surface area is 93.6 Å². The summed E-state index contributed by atoms with van der Waals surface area (Å²) < 4.78 is 6.38. The SMILES string of the molecule is CC[C@H](N)c1cc(Br)c(C)cc1OC. The first-order valence-electron chi connectivity index (χ1n) is 4.69. The van der Waals surface area contributed by atoms with Crippen molar-refractivity contribution >= 4 is 15.9 Å². The Morgan fingerprint density at radius 3 is 2.64 bits per heavy atom. The highest BCUT2D eigenvalue weighted by Gasteiger charge is 2.11. The first kappa shape index (κ1) is 11.5. The van der Waals surface area contributed by atoms with Crippen molar-refractivity contribution in [3.63, 3.8) is 0 Å². The maximum absolute atomic E-state index is 5.99. The number of rotatable bonds is 3. The summed E-state index contributed by atoms with van der Waals surface area (Å²) in [5, 5.41) is 0. The van der Waals surface area contributed by atoms with Gasteiger partial charge in [-0.1, -0.05) is 22.9 Å². The van der Waals surface area contributed by atoms with Crippen molar-refractivity contribution in [3.8, 4) is 5.75 Å². The van der Waals surface area contributed by atoms with E-state index in [9.17, 15) is 0 Å². The van der Waals surface area contributed by atoms with Crippen LogP contribution in [0.15, 0.2) is 16.6 Å². The van der Waals surface area contributed by atoms with Gasteiger partial charge >= 0.3 is 0 Å². The number of hydrogen-bond donors (Lipinski definition) is 1. The molecule has 0 aliphatic carbocycles. The van der Waals surface area contributed by atoms with Crippen molar-refractivity contribution in [2.24, 2.45) is 5.73 Å². The van der Waals surface area contributed by atoms with Crippen LogP contribution in [-0.2, 0) is 0 Å². The van der Waals surface area contributed by atoms with E-state index in [2.05, 4.69) is 22.9 Å². The van der Waals surface area contributed by atoms with Gasteiger partial charge in [0.15, 0.2) is 0 Å². The van der Waals surface area contributed by atoms with Crippen molar-refractivity contribution in [1.82, 2.24) is 0 Å². The Kier molecular flexibility index (Phi) is 3.96. The molecular weight excluding hydrogens is 242 g/mol. The summed E-state index contributed by atoms with van der Waals surface area (Å²) >= 11 is 3.50.